The molecule has 3 nitrogen and oxygen atoms in total. The summed E-state index contributed by atoms with van der Waals surface area (Å²) >= 11 is 2.21. The first-order valence-electron chi connectivity index (χ1n) is 4.48. The van der Waals surface area contributed by atoms with Gasteiger partial charge in [-0.15, -0.1) is 0 Å². The Kier molecular flexibility index (Phi) is 4.89. The Morgan fingerprint density at radius 3 is 2.57 bits per heavy atom. The molecule has 14 heavy (non-hydrogen) atoms. The fourth-order valence-electron chi connectivity index (χ4n) is 1.01. The van der Waals surface area contributed by atoms with Crippen molar-refractivity contribution in [3.05, 3.63) is 33.4 Å². The average Bonchev–Trinajstić information content (AvgIpc) is 2.19. The maximum absolute atomic E-state index is 11.5. The van der Waals surface area contributed by atoms with Crippen molar-refractivity contribution >= 4 is 28.5 Å². The first-order valence-corrected chi connectivity index (χ1v) is 5.56. The van der Waals surface area contributed by atoms with E-state index in [0.29, 0.717) is 18.7 Å². The van der Waals surface area contributed by atoms with Crippen LogP contribution >= 0.6 is 22.6 Å². The Bertz CT molecular complexity index is 297. The van der Waals surface area contributed by atoms with Gasteiger partial charge in [0.25, 0.3) is 5.91 Å². The lowest BCUT2D eigenvalue weighted by Crippen LogP contribution is -2.25. The highest BCUT2D eigenvalue weighted by Gasteiger charge is 2.02. The number of hydrogen-bond acceptors (Lipinski definition) is 2. The van der Waals surface area contributed by atoms with Crippen LogP contribution in [-0.4, -0.2) is 19.0 Å². The fourth-order valence-corrected chi connectivity index (χ4v) is 1.37. The fraction of sp³-hybridized carbons (Fsp3) is 0.300. The Balaban J connectivity index is 2.48. The molecule has 0 bridgehead atoms. The molecule has 0 aliphatic heterocycles. The molecule has 0 aliphatic rings. The quantitative estimate of drug-likeness (QED) is 0.652. The van der Waals surface area contributed by atoms with Crippen molar-refractivity contribution in [2.75, 3.05) is 13.1 Å². The molecule has 0 radical (unpaired) electrons. The minimum atomic E-state index is -0.0325. The second-order valence-electron chi connectivity index (χ2n) is 2.91. The van der Waals surface area contributed by atoms with Crippen LogP contribution in [0.3, 0.4) is 0 Å². The number of halogens is 1. The molecule has 0 saturated heterocycles. The van der Waals surface area contributed by atoms with Gasteiger partial charge in [-0.3, -0.25) is 4.79 Å². The Hall–Kier alpha value is -0.620. The van der Waals surface area contributed by atoms with Crippen LogP contribution in [0, 0.1) is 3.57 Å². The SMILES string of the molecule is NCCCNC(=O)c1ccc(I)cc1. The van der Waals surface area contributed by atoms with Crippen LogP contribution in [0.25, 0.3) is 0 Å². The molecule has 1 amide bonds. The van der Waals surface area contributed by atoms with Crippen molar-refractivity contribution in [2.45, 2.75) is 6.42 Å². The summed E-state index contributed by atoms with van der Waals surface area (Å²) < 4.78 is 1.13. The molecule has 1 aromatic carbocycles. The van der Waals surface area contributed by atoms with Crippen LogP contribution in [0.15, 0.2) is 24.3 Å². The van der Waals surface area contributed by atoms with Gasteiger partial charge in [-0.1, -0.05) is 0 Å². The molecule has 1 aromatic rings. The topological polar surface area (TPSA) is 55.1 Å². The van der Waals surface area contributed by atoms with Crippen LogP contribution in [0.2, 0.25) is 0 Å². The Labute approximate surface area is 97.2 Å². The third kappa shape index (κ3) is 3.63. The minimum absolute atomic E-state index is 0.0325. The van der Waals surface area contributed by atoms with E-state index in [9.17, 15) is 4.79 Å². The molecule has 0 atom stereocenters. The Morgan fingerprint density at radius 2 is 2.00 bits per heavy atom. The van der Waals surface area contributed by atoms with E-state index in [-0.39, 0.29) is 5.91 Å². The predicted molar refractivity (Wildman–Crippen MR) is 65.2 cm³/mol. The van der Waals surface area contributed by atoms with Gasteiger partial charge in [0.2, 0.25) is 0 Å². The van der Waals surface area contributed by atoms with E-state index < -0.39 is 0 Å². The number of amides is 1. The largest absolute Gasteiger partial charge is 0.352 e. The first-order chi connectivity index (χ1) is 6.74. The van der Waals surface area contributed by atoms with Gasteiger partial charge in [-0.05, 0) is 59.8 Å². The molecule has 3 N–H and O–H groups in total. The molecule has 4 heteroatoms. The van der Waals surface area contributed by atoms with Crippen LogP contribution in [0.1, 0.15) is 16.8 Å². The monoisotopic (exact) mass is 304 g/mol. The normalized spacial score (nSPS) is 9.86. The molecule has 0 heterocycles. The minimum Gasteiger partial charge on any atom is -0.352 e. The molecule has 0 spiro atoms. The summed E-state index contributed by atoms with van der Waals surface area (Å²) in [4.78, 5) is 11.5. The number of nitrogens with one attached hydrogen (secondary N) is 1. The van der Waals surface area contributed by atoms with Crippen molar-refractivity contribution in [3.8, 4) is 0 Å². The van der Waals surface area contributed by atoms with Gasteiger partial charge < -0.3 is 11.1 Å². The molecule has 0 unspecified atom stereocenters. The molecular weight excluding hydrogens is 291 g/mol. The third-order valence-electron chi connectivity index (χ3n) is 1.77. The smallest absolute Gasteiger partial charge is 0.251 e. The van der Waals surface area contributed by atoms with E-state index >= 15 is 0 Å². The highest BCUT2D eigenvalue weighted by Crippen LogP contribution is 2.06. The van der Waals surface area contributed by atoms with Gasteiger partial charge >= 0.3 is 0 Å². The summed E-state index contributed by atoms with van der Waals surface area (Å²) in [5.41, 5.74) is 6.02. The molecule has 76 valence electrons. The molecule has 0 fully saturated rings. The highest BCUT2D eigenvalue weighted by atomic mass is 127. The summed E-state index contributed by atoms with van der Waals surface area (Å²) in [7, 11) is 0. The highest BCUT2D eigenvalue weighted by molar-refractivity contribution is 14.1. The van der Waals surface area contributed by atoms with E-state index in [1.54, 1.807) is 0 Å². The second kappa shape index (κ2) is 5.98. The lowest BCUT2D eigenvalue weighted by molar-refractivity contribution is 0.0953. The predicted octanol–water partition coefficient (Wildman–Crippen LogP) is 1.37. The van der Waals surface area contributed by atoms with Crippen molar-refractivity contribution < 1.29 is 4.79 Å². The van der Waals surface area contributed by atoms with E-state index in [4.69, 9.17) is 5.73 Å². The number of carbonyl (C=O) groups is 1. The molecular formula is C10H13IN2O. The lowest BCUT2D eigenvalue weighted by atomic mass is 10.2. The van der Waals surface area contributed by atoms with Gasteiger partial charge in [0, 0.05) is 15.7 Å². The number of rotatable bonds is 4. The zero-order valence-corrected chi connectivity index (χ0v) is 9.95. The maximum Gasteiger partial charge on any atom is 0.251 e. The number of hydrogen-bond donors (Lipinski definition) is 2. The number of carbonyl (C=O) groups excluding carboxylic acids is 1. The molecule has 1 rings (SSSR count). The molecule has 0 aromatic heterocycles. The van der Waals surface area contributed by atoms with Crippen molar-refractivity contribution in [1.29, 1.82) is 0 Å². The zero-order valence-electron chi connectivity index (χ0n) is 7.79. The zero-order chi connectivity index (χ0) is 10.4. The average molecular weight is 304 g/mol. The van der Waals surface area contributed by atoms with Gasteiger partial charge in [0.1, 0.15) is 0 Å². The van der Waals surface area contributed by atoms with Crippen LogP contribution in [0.5, 0.6) is 0 Å². The first kappa shape index (κ1) is 11.5. The summed E-state index contributed by atoms with van der Waals surface area (Å²) in [5.74, 6) is -0.0325. The van der Waals surface area contributed by atoms with Gasteiger partial charge in [0.05, 0.1) is 0 Å². The van der Waals surface area contributed by atoms with E-state index in [1.165, 1.54) is 0 Å². The molecule has 0 aliphatic carbocycles. The van der Waals surface area contributed by atoms with Crippen molar-refractivity contribution in [1.82, 2.24) is 5.32 Å². The molecule has 0 saturated carbocycles. The summed E-state index contributed by atoms with van der Waals surface area (Å²) in [5, 5.41) is 2.80. The van der Waals surface area contributed by atoms with E-state index in [2.05, 4.69) is 27.9 Å². The van der Waals surface area contributed by atoms with Gasteiger partial charge in [0.15, 0.2) is 0 Å². The van der Waals surface area contributed by atoms with E-state index in [0.717, 1.165) is 9.99 Å². The van der Waals surface area contributed by atoms with E-state index in [1.807, 2.05) is 24.3 Å². The maximum atomic E-state index is 11.5. The lowest BCUT2D eigenvalue weighted by Gasteiger charge is -2.03. The standard InChI is InChI=1S/C10H13IN2O/c11-9-4-2-8(3-5-9)10(14)13-7-1-6-12/h2-5H,1,6-7,12H2,(H,13,14). The van der Waals surface area contributed by atoms with Gasteiger partial charge in [-0.2, -0.15) is 0 Å². The van der Waals surface area contributed by atoms with Crippen molar-refractivity contribution in [2.24, 2.45) is 5.73 Å². The summed E-state index contributed by atoms with van der Waals surface area (Å²) in [6.07, 6.45) is 0.816. The van der Waals surface area contributed by atoms with Crippen LogP contribution in [-0.2, 0) is 0 Å². The summed E-state index contributed by atoms with van der Waals surface area (Å²) in [6, 6.07) is 7.47. The Morgan fingerprint density at radius 1 is 1.36 bits per heavy atom. The van der Waals surface area contributed by atoms with Gasteiger partial charge in [-0.25, -0.2) is 0 Å². The number of nitrogens with two attached hydrogens (primary N) is 1. The van der Waals surface area contributed by atoms with Crippen molar-refractivity contribution in [3.63, 3.8) is 0 Å². The number of benzene rings is 1. The summed E-state index contributed by atoms with van der Waals surface area (Å²) in [6.45, 7) is 1.24. The second-order valence-corrected chi connectivity index (χ2v) is 4.15. The van der Waals surface area contributed by atoms with Crippen LogP contribution in [0.4, 0.5) is 0 Å². The third-order valence-corrected chi connectivity index (χ3v) is 2.49. The van der Waals surface area contributed by atoms with Crippen LogP contribution < -0.4 is 11.1 Å².